The van der Waals surface area contributed by atoms with Crippen LogP contribution in [0.25, 0.3) is 0 Å². The molecule has 0 radical (unpaired) electrons. The lowest BCUT2D eigenvalue weighted by molar-refractivity contribution is 0.287. The molecule has 2 N–H and O–H groups in total. The number of aromatic amines is 1. The van der Waals surface area contributed by atoms with Gasteiger partial charge in [0.1, 0.15) is 0 Å². The predicted molar refractivity (Wildman–Crippen MR) is 88.8 cm³/mol. The molecule has 0 bridgehead atoms. The van der Waals surface area contributed by atoms with Crippen molar-refractivity contribution in [3.63, 3.8) is 0 Å². The molecule has 0 spiro atoms. The Kier molecular flexibility index (Phi) is 6.77. The molecule has 1 fully saturated rings. The number of nitrogens with zero attached hydrogens (tertiary/aromatic N) is 1. The van der Waals surface area contributed by atoms with Crippen molar-refractivity contribution in [3.8, 4) is 0 Å². The fourth-order valence-corrected chi connectivity index (χ4v) is 4.46. The number of nitrogens with one attached hydrogen (secondary N) is 2. The van der Waals surface area contributed by atoms with E-state index >= 15 is 0 Å². The molecule has 3 unspecified atom stereocenters. The second-order valence-electron chi connectivity index (χ2n) is 5.92. The van der Waals surface area contributed by atoms with Gasteiger partial charge in [-0.1, -0.05) is 38.5 Å². The monoisotopic (exact) mass is 309 g/mol. The number of rotatable bonds is 7. The van der Waals surface area contributed by atoms with E-state index in [0.717, 1.165) is 24.0 Å². The van der Waals surface area contributed by atoms with E-state index in [4.69, 9.17) is 0 Å². The zero-order valence-electron chi connectivity index (χ0n) is 13.1. The van der Waals surface area contributed by atoms with E-state index in [1.54, 1.807) is 18.0 Å². The molecule has 0 amide bonds. The van der Waals surface area contributed by atoms with Gasteiger partial charge in [0.2, 0.25) is 0 Å². The Morgan fingerprint density at radius 2 is 2.24 bits per heavy atom. The fourth-order valence-electron chi connectivity index (χ4n) is 3.13. The summed E-state index contributed by atoms with van der Waals surface area (Å²) in [5.74, 6) is 0.822. The van der Waals surface area contributed by atoms with Crippen molar-refractivity contribution in [3.05, 3.63) is 22.6 Å². The van der Waals surface area contributed by atoms with Crippen LogP contribution in [-0.4, -0.2) is 27.8 Å². The average Bonchev–Trinajstić information content (AvgIpc) is 2.47. The summed E-state index contributed by atoms with van der Waals surface area (Å²) >= 11 is 1.74. The van der Waals surface area contributed by atoms with Gasteiger partial charge in [-0.15, -0.1) is 0 Å². The SMILES string of the molecule is CCCNC1CCC(CCC)CC1Sc1nccc(=O)[nH]1. The van der Waals surface area contributed by atoms with Gasteiger partial charge in [-0.05, 0) is 38.1 Å². The molecule has 1 aliphatic carbocycles. The van der Waals surface area contributed by atoms with Gasteiger partial charge in [-0.25, -0.2) is 4.98 Å². The van der Waals surface area contributed by atoms with Gasteiger partial charge in [0, 0.05) is 23.6 Å². The van der Waals surface area contributed by atoms with E-state index in [0.29, 0.717) is 11.3 Å². The summed E-state index contributed by atoms with van der Waals surface area (Å²) in [6.45, 7) is 5.53. The molecular weight excluding hydrogens is 282 g/mol. The molecule has 0 aromatic carbocycles. The lowest BCUT2D eigenvalue weighted by Gasteiger charge is -2.36. The smallest absolute Gasteiger partial charge is 0.251 e. The normalized spacial score (nSPS) is 25.9. The van der Waals surface area contributed by atoms with Gasteiger partial charge in [-0.2, -0.15) is 0 Å². The van der Waals surface area contributed by atoms with Gasteiger partial charge < -0.3 is 10.3 Å². The van der Waals surface area contributed by atoms with Crippen LogP contribution >= 0.6 is 11.8 Å². The van der Waals surface area contributed by atoms with Crippen LogP contribution in [0.3, 0.4) is 0 Å². The lowest BCUT2D eigenvalue weighted by Crippen LogP contribution is -2.43. The summed E-state index contributed by atoms with van der Waals surface area (Å²) < 4.78 is 0. The van der Waals surface area contributed by atoms with Crippen molar-refractivity contribution >= 4 is 11.8 Å². The summed E-state index contributed by atoms with van der Waals surface area (Å²) in [5.41, 5.74) is -0.0634. The van der Waals surface area contributed by atoms with Crippen molar-refractivity contribution in [2.75, 3.05) is 6.54 Å². The molecule has 0 saturated heterocycles. The van der Waals surface area contributed by atoms with Crippen LogP contribution < -0.4 is 10.9 Å². The minimum absolute atomic E-state index is 0.0634. The molecule has 1 aromatic rings. The number of aromatic nitrogens is 2. The molecule has 3 atom stereocenters. The average molecular weight is 309 g/mol. The summed E-state index contributed by atoms with van der Waals surface area (Å²) in [4.78, 5) is 18.6. The standard InChI is InChI=1S/C16H27N3OS/c1-3-5-12-6-7-13(17-9-4-2)14(11-12)21-16-18-10-8-15(20)19-16/h8,10,12-14,17H,3-7,9,11H2,1-2H3,(H,18,19,20). The highest BCUT2D eigenvalue weighted by molar-refractivity contribution is 7.99. The summed E-state index contributed by atoms with van der Waals surface area (Å²) in [5, 5.41) is 4.94. The fraction of sp³-hybridized carbons (Fsp3) is 0.750. The Bertz CT molecular complexity index is 477. The quantitative estimate of drug-likeness (QED) is 0.759. The molecule has 21 heavy (non-hydrogen) atoms. The van der Waals surface area contributed by atoms with Gasteiger partial charge in [0.15, 0.2) is 5.16 Å². The summed E-state index contributed by atoms with van der Waals surface area (Å²) in [6, 6.07) is 2.01. The Hall–Kier alpha value is -0.810. The maximum atomic E-state index is 11.4. The third-order valence-corrected chi connectivity index (χ3v) is 5.42. The number of H-pyrrole nitrogens is 1. The molecular formula is C16H27N3OS. The highest BCUT2D eigenvalue weighted by atomic mass is 32.2. The van der Waals surface area contributed by atoms with Crippen molar-refractivity contribution < 1.29 is 0 Å². The Morgan fingerprint density at radius 1 is 1.38 bits per heavy atom. The molecule has 2 rings (SSSR count). The highest BCUT2D eigenvalue weighted by Gasteiger charge is 2.30. The first kappa shape index (κ1) is 16.6. The first-order valence-electron chi connectivity index (χ1n) is 8.18. The molecule has 1 aliphatic rings. The predicted octanol–water partition coefficient (Wildman–Crippen LogP) is 3.20. The first-order chi connectivity index (χ1) is 10.2. The van der Waals surface area contributed by atoms with Crippen LogP contribution in [0.4, 0.5) is 0 Å². The van der Waals surface area contributed by atoms with E-state index in [-0.39, 0.29) is 5.56 Å². The zero-order chi connectivity index (χ0) is 15.1. The van der Waals surface area contributed by atoms with Crippen LogP contribution in [0.5, 0.6) is 0 Å². The van der Waals surface area contributed by atoms with E-state index in [2.05, 4.69) is 29.1 Å². The van der Waals surface area contributed by atoms with Crippen LogP contribution in [0.2, 0.25) is 0 Å². The van der Waals surface area contributed by atoms with Crippen LogP contribution in [0, 0.1) is 5.92 Å². The maximum Gasteiger partial charge on any atom is 0.251 e. The van der Waals surface area contributed by atoms with Crippen molar-refractivity contribution in [1.29, 1.82) is 0 Å². The summed E-state index contributed by atoms with van der Waals surface area (Å²) in [7, 11) is 0. The Balaban J connectivity index is 2.03. The van der Waals surface area contributed by atoms with Crippen LogP contribution in [-0.2, 0) is 0 Å². The van der Waals surface area contributed by atoms with E-state index in [1.165, 1.54) is 38.2 Å². The van der Waals surface area contributed by atoms with Gasteiger partial charge in [-0.3, -0.25) is 4.79 Å². The molecule has 1 saturated carbocycles. The number of hydrogen-bond donors (Lipinski definition) is 2. The third kappa shape index (κ3) is 5.15. The third-order valence-electron chi connectivity index (χ3n) is 4.16. The zero-order valence-corrected chi connectivity index (χ0v) is 13.9. The number of thioether (sulfide) groups is 1. The van der Waals surface area contributed by atoms with Gasteiger partial charge >= 0.3 is 0 Å². The maximum absolute atomic E-state index is 11.4. The Morgan fingerprint density at radius 3 is 2.95 bits per heavy atom. The van der Waals surface area contributed by atoms with Gasteiger partial charge in [0.05, 0.1) is 0 Å². The second-order valence-corrected chi connectivity index (χ2v) is 7.15. The van der Waals surface area contributed by atoms with E-state index in [9.17, 15) is 4.79 Å². The van der Waals surface area contributed by atoms with Crippen molar-refractivity contribution in [1.82, 2.24) is 15.3 Å². The molecule has 118 valence electrons. The summed E-state index contributed by atoms with van der Waals surface area (Å²) in [6.07, 6.45) is 9.11. The molecule has 5 heteroatoms. The van der Waals surface area contributed by atoms with Crippen molar-refractivity contribution in [2.45, 2.75) is 68.8 Å². The minimum atomic E-state index is -0.0634. The van der Waals surface area contributed by atoms with Crippen LogP contribution in [0.1, 0.15) is 52.4 Å². The highest BCUT2D eigenvalue weighted by Crippen LogP contribution is 2.36. The van der Waals surface area contributed by atoms with E-state index < -0.39 is 0 Å². The minimum Gasteiger partial charge on any atom is -0.313 e. The lowest BCUT2D eigenvalue weighted by atomic mass is 9.83. The molecule has 1 aromatic heterocycles. The largest absolute Gasteiger partial charge is 0.313 e. The molecule has 0 aliphatic heterocycles. The second kappa shape index (κ2) is 8.59. The molecule has 1 heterocycles. The van der Waals surface area contributed by atoms with Crippen molar-refractivity contribution in [2.24, 2.45) is 5.92 Å². The first-order valence-corrected chi connectivity index (χ1v) is 9.06. The van der Waals surface area contributed by atoms with Gasteiger partial charge in [0.25, 0.3) is 5.56 Å². The molecule has 4 nitrogen and oxygen atoms in total. The Labute approximate surface area is 131 Å². The van der Waals surface area contributed by atoms with Crippen LogP contribution in [0.15, 0.2) is 22.2 Å². The topological polar surface area (TPSA) is 57.8 Å². The van der Waals surface area contributed by atoms with E-state index in [1.807, 2.05) is 0 Å². The number of hydrogen-bond acceptors (Lipinski definition) is 4.